The van der Waals surface area contributed by atoms with E-state index in [9.17, 15) is 22.0 Å². The lowest BCUT2D eigenvalue weighted by atomic mass is 10.1. The van der Waals surface area contributed by atoms with E-state index >= 15 is 0 Å². The fourth-order valence-electron chi connectivity index (χ4n) is 1.17. The van der Waals surface area contributed by atoms with Crippen molar-refractivity contribution in [3.05, 3.63) is 23.3 Å². The molecule has 8 heteroatoms. The second-order valence-corrected chi connectivity index (χ2v) is 2.89. The topological polar surface area (TPSA) is 45.9 Å². The summed E-state index contributed by atoms with van der Waals surface area (Å²) < 4.78 is 64.9. The maximum atomic E-state index is 13.0. The summed E-state index contributed by atoms with van der Waals surface area (Å²) in [7, 11) is 0. The van der Waals surface area contributed by atoms with Crippen molar-refractivity contribution in [2.45, 2.75) is 19.5 Å². The molecule has 1 rings (SSSR count). The van der Waals surface area contributed by atoms with Gasteiger partial charge in [0.1, 0.15) is 6.67 Å². The molecule has 0 fully saturated rings. The van der Waals surface area contributed by atoms with Crippen LogP contribution in [0.2, 0.25) is 0 Å². The predicted octanol–water partition coefficient (Wildman–Crippen LogP) is 2.65. The monoisotopic (exact) mass is 252 g/mol. The molecule has 0 bridgehead atoms. The maximum absolute atomic E-state index is 13.0. The van der Waals surface area contributed by atoms with Crippen LogP contribution in [0.1, 0.15) is 11.1 Å². The zero-order valence-corrected chi connectivity index (χ0v) is 8.18. The predicted molar refractivity (Wildman–Crippen MR) is 45.0 cm³/mol. The second kappa shape index (κ2) is 4.95. The van der Waals surface area contributed by atoms with E-state index in [1.54, 1.807) is 0 Å². The van der Waals surface area contributed by atoms with Gasteiger partial charge in [-0.1, -0.05) is 0 Å². The summed E-state index contributed by atoms with van der Waals surface area (Å²) in [4.78, 5) is 2.94. The Hall–Kier alpha value is -1.91. The van der Waals surface area contributed by atoms with Gasteiger partial charge < -0.3 is 4.74 Å². The molecule has 0 N–H and O–H groups in total. The van der Waals surface area contributed by atoms with Crippen LogP contribution in [-0.4, -0.2) is 11.3 Å². The molecule has 0 amide bonds. The molecule has 3 nitrogen and oxygen atoms in total. The van der Waals surface area contributed by atoms with E-state index in [0.29, 0.717) is 6.20 Å². The first-order valence-corrected chi connectivity index (χ1v) is 4.24. The lowest BCUT2D eigenvalue weighted by Gasteiger charge is -2.13. The van der Waals surface area contributed by atoms with Gasteiger partial charge in [0.15, 0.2) is 5.75 Å². The van der Waals surface area contributed by atoms with Crippen molar-refractivity contribution in [1.82, 2.24) is 4.98 Å². The van der Waals surface area contributed by atoms with Gasteiger partial charge in [0.25, 0.3) is 0 Å². The van der Waals surface area contributed by atoms with Gasteiger partial charge in [-0.15, -0.1) is 13.2 Å². The Morgan fingerprint density at radius 1 is 1.35 bits per heavy atom. The largest absolute Gasteiger partial charge is 0.573 e. The minimum atomic E-state index is -5.02. The highest BCUT2D eigenvalue weighted by atomic mass is 19.4. The van der Waals surface area contributed by atoms with Crippen molar-refractivity contribution in [3.8, 4) is 11.8 Å². The Morgan fingerprint density at radius 3 is 2.47 bits per heavy atom. The highest BCUT2D eigenvalue weighted by Gasteiger charge is 2.33. The highest BCUT2D eigenvalue weighted by molar-refractivity contribution is 5.39. The Morgan fingerprint density at radius 2 is 2.00 bits per heavy atom. The zero-order chi connectivity index (χ0) is 13.1. The van der Waals surface area contributed by atoms with Crippen LogP contribution in [0.4, 0.5) is 22.0 Å². The number of alkyl halides is 4. The molecule has 0 spiro atoms. The van der Waals surface area contributed by atoms with E-state index in [4.69, 9.17) is 5.26 Å². The standard InChI is InChI=1S/C9H5F5N2O/c10-3-6-5(1-2-15)7(4-16-8(6)11)17-9(12,13)14/h4H,1,3H2. The third-order valence-corrected chi connectivity index (χ3v) is 1.82. The van der Waals surface area contributed by atoms with Crippen LogP contribution in [0.15, 0.2) is 6.20 Å². The molecule has 92 valence electrons. The van der Waals surface area contributed by atoms with Crippen LogP contribution < -0.4 is 4.74 Å². The summed E-state index contributed by atoms with van der Waals surface area (Å²) in [5.41, 5.74) is -1.19. The average molecular weight is 252 g/mol. The van der Waals surface area contributed by atoms with Crippen molar-refractivity contribution in [2.24, 2.45) is 0 Å². The van der Waals surface area contributed by atoms with Gasteiger partial charge in [0.05, 0.1) is 18.7 Å². The van der Waals surface area contributed by atoms with Gasteiger partial charge in [-0.25, -0.2) is 9.37 Å². The van der Waals surface area contributed by atoms with Crippen molar-refractivity contribution in [3.63, 3.8) is 0 Å². The van der Waals surface area contributed by atoms with Crippen LogP contribution >= 0.6 is 0 Å². The Labute approximate surface area is 92.4 Å². The third-order valence-electron chi connectivity index (χ3n) is 1.82. The normalized spacial score (nSPS) is 11.1. The lowest BCUT2D eigenvalue weighted by molar-refractivity contribution is -0.275. The Kier molecular flexibility index (Phi) is 3.83. The molecular formula is C9H5F5N2O. The number of aromatic nitrogens is 1. The first-order valence-electron chi connectivity index (χ1n) is 4.24. The van der Waals surface area contributed by atoms with E-state index in [1.807, 2.05) is 0 Å². The van der Waals surface area contributed by atoms with Crippen molar-refractivity contribution < 1.29 is 26.7 Å². The summed E-state index contributed by atoms with van der Waals surface area (Å²) in [6, 6.07) is 1.50. The molecule has 1 aromatic rings. The summed E-state index contributed by atoms with van der Waals surface area (Å²) in [5.74, 6) is -2.12. The number of nitriles is 1. The van der Waals surface area contributed by atoms with E-state index in [2.05, 4.69) is 9.72 Å². The molecule has 0 saturated heterocycles. The number of rotatable bonds is 3. The number of pyridine rings is 1. The molecular weight excluding hydrogens is 247 g/mol. The molecule has 1 aromatic heterocycles. The van der Waals surface area contributed by atoms with E-state index < -0.39 is 42.3 Å². The molecule has 0 atom stereocenters. The zero-order valence-electron chi connectivity index (χ0n) is 8.18. The van der Waals surface area contributed by atoms with Crippen molar-refractivity contribution in [1.29, 1.82) is 5.26 Å². The molecule has 0 unspecified atom stereocenters. The third kappa shape index (κ3) is 3.27. The quantitative estimate of drug-likeness (QED) is 0.613. The average Bonchev–Trinajstić information content (AvgIpc) is 2.21. The summed E-state index contributed by atoms with van der Waals surface area (Å²) in [6.45, 7) is -1.37. The molecule has 0 saturated carbocycles. The lowest BCUT2D eigenvalue weighted by Crippen LogP contribution is -2.19. The number of nitrogens with zero attached hydrogens (tertiary/aromatic N) is 2. The van der Waals surface area contributed by atoms with E-state index in [-0.39, 0.29) is 0 Å². The van der Waals surface area contributed by atoms with Crippen molar-refractivity contribution >= 4 is 0 Å². The molecule has 1 heterocycles. The van der Waals surface area contributed by atoms with Crippen LogP contribution in [-0.2, 0) is 13.1 Å². The number of ether oxygens (including phenoxy) is 1. The van der Waals surface area contributed by atoms with Crippen LogP contribution in [0.5, 0.6) is 5.75 Å². The first kappa shape index (κ1) is 13.2. The van der Waals surface area contributed by atoms with Crippen LogP contribution in [0.3, 0.4) is 0 Å². The van der Waals surface area contributed by atoms with Crippen LogP contribution in [0, 0.1) is 17.3 Å². The van der Waals surface area contributed by atoms with Crippen molar-refractivity contribution in [2.75, 3.05) is 0 Å². The maximum Gasteiger partial charge on any atom is 0.573 e. The molecule has 0 aliphatic carbocycles. The number of hydrogen-bond acceptors (Lipinski definition) is 3. The summed E-state index contributed by atoms with van der Waals surface area (Å²) >= 11 is 0. The molecule has 0 aliphatic heterocycles. The molecule has 0 aromatic carbocycles. The minimum absolute atomic E-state index is 0.467. The van der Waals surface area contributed by atoms with E-state index in [0.717, 1.165) is 0 Å². The molecule has 17 heavy (non-hydrogen) atoms. The number of halogens is 5. The second-order valence-electron chi connectivity index (χ2n) is 2.89. The van der Waals surface area contributed by atoms with Gasteiger partial charge in [-0.3, -0.25) is 0 Å². The van der Waals surface area contributed by atoms with Gasteiger partial charge in [0, 0.05) is 11.1 Å². The van der Waals surface area contributed by atoms with Gasteiger partial charge in [-0.05, 0) is 0 Å². The fraction of sp³-hybridized carbons (Fsp3) is 0.333. The summed E-state index contributed by atoms with van der Waals surface area (Å²) in [5, 5.41) is 8.40. The first-order chi connectivity index (χ1) is 7.89. The fourth-order valence-corrected chi connectivity index (χ4v) is 1.17. The SMILES string of the molecule is N#CCc1c(OC(F)(F)F)cnc(F)c1CF. The molecule has 0 radical (unpaired) electrons. The smallest absolute Gasteiger partial charge is 0.404 e. The van der Waals surface area contributed by atoms with Gasteiger partial charge in [0.2, 0.25) is 5.95 Å². The van der Waals surface area contributed by atoms with E-state index in [1.165, 1.54) is 6.07 Å². The Balaban J connectivity index is 3.26. The number of hydrogen-bond donors (Lipinski definition) is 0. The van der Waals surface area contributed by atoms with Crippen LogP contribution in [0.25, 0.3) is 0 Å². The van der Waals surface area contributed by atoms with Gasteiger partial charge in [-0.2, -0.15) is 9.65 Å². The summed E-state index contributed by atoms with van der Waals surface area (Å²) in [6.07, 6.45) is -5.16. The molecule has 0 aliphatic rings. The minimum Gasteiger partial charge on any atom is -0.404 e. The van der Waals surface area contributed by atoms with Gasteiger partial charge >= 0.3 is 6.36 Å². The highest BCUT2D eigenvalue weighted by Crippen LogP contribution is 2.29. The Bertz CT molecular complexity index is 452.